The maximum atomic E-state index is 13.1. The molecule has 1 heterocycles. The maximum Gasteiger partial charge on any atom is 0.244 e. The van der Waals surface area contributed by atoms with Crippen molar-refractivity contribution < 1.29 is 9.90 Å². The van der Waals surface area contributed by atoms with Crippen LogP contribution in [0.4, 0.5) is 5.69 Å². The molecular formula is C62H92N6O2. The smallest absolute Gasteiger partial charge is 0.244 e. The second-order valence-corrected chi connectivity index (χ2v) is 25.4. The Labute approximate surface area is 425 Å². The number of piperazine rings is 1. The van der Waals surface area contributed by atoms with Crippen molar-refractivity contribution in [2.24, 2.45) is 0 Å². The molecule has 382 valence electrons. The number of nitrogens with zero attached hydrogens (tertiary/aromatic N) is 1. The molecule has 0 saturated carbocycles. The number of nitrogen functional groups attached to an aromatic ring is 1. The molecule has 8 heteroatoms. The van der Waals surface area contributed by atoms with Crippen LogP contribution in [-0.2, 0) is 21.0 Å². The van der Waals surface area contributed by atoms with Crippen molar-refractivity contribution in [3.63, 3.8) is 0 Å². The lowest BCUT2D eigenvalue weighted by Crippen LogP contribution is -2.52. The second kappa shape index (κ2) is 23.5. The van der Waals surface area contributed by atoms with Crippen LogP contribution in [0, 0.1) is 0 Å². The van der Waals surface area contributed by atoms with E-state index in [4.69, 9.17) is 5.73 Å². The summed E-state index contributed by atoms with van der Waals surface area (Å²) in [6.07, 6.45) is 0. The van der Waals surface area contributed by atoms with E-state index >= 15 is 0 Å². The number of carbonyl (C=O) groups excluding carboxylic acids is 1. The van der Waals surface area contributed by atoms with Crippen molar-refractivity contribution in [2.45, 2.75) is 176 Å². The molecule has 0 radical (unpaired) electrons. The van der Waals surface area contributed by atoms with Gasteiger partial charge in [-0.05, 0) is 147 Å². The molecule has 0 spiro atoms. The fourth-order valence-corrected chi connectivity index (χ4v) is 8.30. The Morgan fingerprint density at radius 1 is 0.486 bits per heavy atom. The summed E-state index contributed by atoms with van der Waals surface area (Å²) in [5.41, 5.74) is 17.0. The molecule has 0 aromatic heterocycles. The van der Waals surface area contributed by atoms with Crippen LogP contribution in [-0.4, -0.2) is 58.7 Å². The minimum absolute atomic E-state index is 0.00868. The predicted octanol–water partition coefficient (Wildman–Crippen LogP) is 13.1. The Bertz CT molecular complexity index is 2360. The summed E-state index contributed by atoms with van der Waals surface area (Å²) in [6, 6.07) is 41.8. The molecule has 1 aliphatic rings. The SMILES string of the molecule is CC(C)(C)N[C@@H](C(=O)N1CCNCC1)c1ccc(C(C)(C)C)cc1.CC(C)(C)N[C@@H](c1ccc(O)cc1)c1ccc(C(C)(C)C)cc1.CC(C)(C)N[C@H](c1ccc(C(C)(C)C)cc1)c1cccc(N)c1. The number of phenolic OH excluding ortho intramolecular Hbond substituents is 1. The molecule has 5 aromatic carbocycles. The fourth-order valence-electron chi connectivity index (χ4n) is 8.30. The van der Waals surface area contributed by atoms with Gasteiger partial charge in [0.05, 0.1) is 12.1 Å². The number of carbonyl (C=O) groups is 1. The maximum absolute atomic E-state index is 13.1. The number of rotatable bonds is 9. The molecule has 5 aromatic rings. The highest BCUT2D eigenvalue weighted by Gasteiger charge is 2.31. The number of anilines is 1. The quantitative estimate of drug-likeness (QED) is 0.0816. The number of benzene rings is 5. The van der Waals surface area contributed by atoms with E-state index in [2.05, 4.69) is 231 Å². The number of nitrogens with two attached hydrogens (primary N) is 1. The van der Waals surface area contributed by atoms with Gasteiger partial charge in [-0.2, -0.15) is 0 Å². The zero-order valence-corrected chi connectivity index (χ0v) is 46.5. The molecule has 1 fully saturated rings. The second-order valence-electron chi connectivity index (χ2n) is 25.4. The van der Waals surface area contributed by atoms with Crippen molar-refractivity contribution in [1.29, 1.82) is 0 Å². The molecule has 70 heavy (non-hydrogen) atoms. The Morgan fingerprint density at radius 3 is 1.17 bits per heavy atom. The average Bonchev–Trinajstić information content (AvgIpc) is 3.26. The van der Waals surface area contributed by atoms with E-state index in [9.17, 15) is 9.90 Å². The highest BCUT2D eigenvalue weighted by Crippen LogP contribution is 2.32. The van der Waals surface area contributed by atoms with Crippen LogP contribution in [0.2, 0.25) is 0 Å². The molecule has 8 nitrogen and oxygen atoms in total. The van der Waals surface area contributed by atoms with E-state index in [1.807, 2.05) is 29.2 Å². The lowest BCUT2D eigenvalue weighted by molar-refractivity contribution is -0.134. The number of amides is 1. The molecule has 0 bridgehead atoms. The minimum atomic E-state index is -0.294. The number of hydrogen-bond acceptors (Lipinski definition) is 7. The summed E-state index contributed by atoms with van der Waals surface area (Å²) < 4.78 is 0. The van der Waals surface area contributed by atoms with Crippen LogP contribution in [0.5, 0.6) is 5.75 Å². The van der Waals surface area contributed by atoms with Gasteiger partial charge in [-0.3, -0.25) is 10.1 Å². The van der Waals surface area contributed by atoms with Crippen molar-refractivity contribution >= 4 is 11.6 Å². The van der Waals surface area contributed by atoms with Gasteiger partial charge in [0, 0.05) is 48.5 Å². The number of aromatic hydroxyl groups is 1. The molecule has 6 rings (SSSR count). The van der Waals surface area contributed by atoms with E-state index in [-0.39, 0.29) is 56.9 Å². The molecular weight excluding hydrogens is 861 g/mol. The molecule has 1 amide bonds. The van der Waals surface area contributed by atoms with Crippen LogP contribution in [0.15, 0.2) is 121 Å². The summed E-state index contributed by atoms with van der Waals surface area (Å²) in [5, 5.41) is 23.8. The zero-order chi connectivity index (χ0) is 52.5. The predicted molar refractivity (Wildman–Crippen MR) is 299 cm³/mol. The van der Waals surface area contributed by atoms with Crippen molar-refractivity contribution in [1.82, 2.24) is 26.2 Å². The normalized spacial score (nSPS) is 15.1. The first kappa shape index (κ1) is 57.6. The first-order valence-electron chi connectivity index (χ1n) is 25.5. The monoisotopic (exact) mass is 953 g/mol. The molecule has 1 aliphatic heterocycles. The van der Waals surface area contributed by atoms with Crippen LogP contribution in [0.3, 0.4) is 0 Å². The largest absolute Gasteiger partial charge is 0.508 e. The van der Waals surface area contributed by atoms with Gasteiger partial charge in [-0.1, -0.05) is 159 Å². The van der Waals surface area contributed by atoms with Crippen molar-refractivity contribution in [3.05, 3.63) is 166 Å². The van der Waals surface area contributed by atoms with Gasteiger partial charge >= 0.3 is 0 Å². The van der Waals surface area contributed by atoms with Crippen LogP contribution in [0.1, 0.15) is 187 Å². The van der Waals surface area contributed by atoms with Gasteiger partial charge in [0.1, 0.15) is 11.8 Å². The summed E-state index contributed by atoms with van der Waals surface area (Å²) in [5.74, 6) is 0.473. The highest BCUT2D eigenvalue weighted by atomic mass is 16.3. The van der Waals surface area contributed by atoms with Gasteiger partial charge < -0.3 is 31.7 Å². The van der Waals surface area contributed by atoms with Gasteiger partial charge in [-0.25, -0.2) is 0 Å². The van der Waals surface area contributed by atoms with Crippen LogP contribution >= 0.6 is 0 Å². The van der Waals surface area contributed by atoms with E-state index < -0.39 is 0 Å². The first-order valence-corrected chi connectivity index (χ1v) is 25.5. The van der Waals surface area contributed by atoms with Gasteiger partial charge in [0.25, 0.3) is 0 Å². The third-order valence-corrected chi connectivity index (χ3v) is 12.2. The lowest BCUT2D eigenvalue weighted by Gasteiger charge is -2.35. The Balaban J connectivity index is 0.000000228. The first-order chi connectivity index (χ1) is 32.2. The third-order valence-electron chi connectivity index (χ3n) is 12.2. The highest BCUT2D eigenvalue weighted by molar-refractivity contribution is 5.83. The molecule has 3 atom stereocenters. The van der Waals surface area contributed by atoms with E-state index in [0.717, 1.165) is 43.0 Å². The van der Waals surface area contributed by atoms with Crippen LogP contribution in [0.25, 0.3) is 0 Å². The summed E-state index contributed by atoms with van der Waals surface area (Å²) >= 11 is 0. The van der Waals surface area contributed by atoms with Gasteiger partial charge in [0.2, 0.25) is 5.91 Å². The summed E-state index contributed by atoms with van der Waals surface area (Å²) in [7, 11) is 0. The average molecular weight is 953 g/mol. The van der Waals surface area contributed by atoms with Crippen molar-refractivity contribution in [2.75, 3.05) is 31.9 Å². The van der Waals surface area contributed by atoms with Gasteiger partial charge in [-0.15, -0.1) is 0 Å². The summed E-state index contributed by atoms with van der Waals surface area (Å²) in [6.45, 7) is 42.7. The van der Waals surface area contributed by atoms with Crippen LogP contribution < -0.4 is 27.0 Å². The molecule has 0 aliphatic carbocycles. The number of hydrogen-bond donors (Lipinski definition) is 6. The standard InChI is InChI=1S/C21H30N2.C21H29NO.C20H33N3O/c1-20(2,3)17-12-10-15(11-13-17)19(23-21(4,5)6)16-8-7-9-18(22)14-16;1-20(2,3)17-11-7-15(8-12-17)19(22-21(4,5)6)16-9-13-18(23)14-10-16;1-19(2,3)16-9-7-15(8-10-16)17(22-20(4,5)6)18(24)23-13-11-21-12-14-23/h7-14,19,23H,22H2,1-6H3;7-14,19,22-23H,1-6H3;7-10,17,21-22H,11-14H2,1-6H3/t2*19-;17-/m111/s1. The third kappa shape index (κ3) is 18.6. The summed E-state index contributed by atoms with van der Waals surface area (Å²) in [4.78, 5) is 15.1. The van der Waals surface area contributed by atoms with E-state index in [0.29, 0.717) is 5.75 Å². The molecule has 0 unspecified atom stereocenters. The Morgan fingerprint density at radius 2 is 0.829 bits per heavy atom. The van der Waals surface area contributed by atoms with E-state index in [1.165, 1.54) is 33.4 Å². The minimum Gasteiger partial charge on any atom is -0.508 e. The number of phenols is 1. The van der Waals surface area contributed by atoms with E-state index in [1.54, 1.807) is 12.1 Å². The zero-order valence-electron chi connectivity index (χ0n) is 46.5. The van der Waals surface area contributed by atoms with Crippen molar-refractivity contribution in [3.8, 4) is 5.75 Å². The fraction of sp³-hybridized carbons (Fsp3) is 0.500. The molecule has 7 N–H and O–H groups in total. The number of nitrogens with one attached hydrogen (secondary N) is 4. The lowest BCUT2D eigenvalue weighted by atomic mass is 9.85. The van der Waals surface area contributed by atoms with Gasteiger partial charge in [0.15, 0.2) is 0 Å². The molecule has 1 saturated heterocycles. The Kier molecular flexibility index (Phi) is 19.3. The Hall–Kier alpha value is -4.99. The topological polar surface area (TPSA) is 115 Å².